The molecule has 0 amide bonds. The highest BCUT2D eigenvalue weighted by Gasteiger charge is 2.21. The molecule has 1 saturated carbocycles. The number of aromatic nitrogens is 1. The highest BCUT2D eigenvalue weighted by molar-refractivity contribution is 7.07. The first-order valence-corrected chi connectivity index (χ1v) is 10.5. The van der Waals surface area contributed by atoms with Crippen molar-refractivity contribution in [1.82, 2.24) is 4.68 Å². The maximum atomic E-state index is 10.1. The number of nitrogens with zero attached hydrogens (tertiary/aromatic N) is 3. The number of phenolic OH excluding ortho intramolecular Hbond substituents is 2. The molecule has 1 aliphatic carbocycles. The van der Waals surface area contributed by atoms with Crippen LogP contribution < -0.4 is 4.80 Å². The maximum absolute atomic E-state index is 10.1. The van der Waals surface area contributed by atoms with E-state index >= 15 is 0 Å². The van der Waals surface area contributed by atoms with Crippen LogP contribution in [-0.4, -0.2) is 27.1 Å². The zero-order chi connectivity index (χ0) is 19.6. The highest BCUT2D eigenvalue weighted by atomic mass is 32.1. The number of phenols is 2. The molecular formula is C21H29N3O2S. The third kappa shape index (κ3) is 4.61. The van der Waals surface area contributed by atoms with Crippen LogP contribution in [0.15, 0.2) is 27.6 Å². The predicted molar refractivity (Wildman–Crippen MR) is 111 cm³/mol. The minimum atomic E-state index is -0.0684. The van der Waals surface area contributed by atoms with Crippen LogP contribution in [0.25, 0.3) is 0 Å². The van der Waals surface area contributed by atoms with Crippen LogP contribution in [0, 0.1) is 6.92 Å². The van der Waals surface area contributed by atoms with E-state index in [0.717, 1.165) is 23.3 Å². The summed E-state index contributed by atoms with van der Waals surface area (Å²) >= 11 is 1.62. The van der Waals surface area contributed by atoms with E-state index in [1.165, 1.54) is 25.3 Å². The fourth-order valence-electron chi connectivity index (χ4n) is 3.30. The first-order chi connectivity index (χ1) is 12.8. The lowest BCUT2D eigenvalue weighted by Gasteiger charge is -2.19. The van der Waals surface area contributed by atoms with Crippen LogP contribution in [0.5, 0.6) is 11.5 Å². The van der Waals surface area contributed by atoms with Gasteiger partial charge in [-0.25, -0.2) is 4.68 Å². The number of rotatable bonds is 3. The average Bonchev–Trinajstić information content (AvgIpc) is 3.01. The molecular weight excluding hydrogens is 358 g/mol. The lowest BCUT2D eigenvalue weighted by atomic mass is 9.93. The van der Waals surface area contributed by atoms with Gasteiger partial charge in [0.15, 0.2) is 0 Å². The summed E-state index contributed by atoms with van der Waals surface area (Å²) in [5.41, 5.74) is 2.30. The van der Waals surface area contributed by atoms with Crippen molar-refractivity contribution in [2.75, 3.05) is 0 Å². The monoisotopic (exact) mass is 387 g/mol. The van der Waals surface area contributed by atoms with E-state index in [9.17, 15) is 10.2 Å². The molecule has 146 valence electrons. The number of hydrogen-bond acceptors (Lipinski definition) is 5. The van der Waals surface area contributed by atoms with Crippen LogP contribution in [0.1, 0.15) is 69.7 Å². The van der Waals surface area contributed by atoms with E-state index in [0.29, 0.717) is 17.2 Å². The van der Waals surface area contributed by atoms with Gasteiger partial charge in [-0.05, 0) is 31.4 Å². The Labute approximate surface area is 164 Å². The quantitative estimate of drug-likeness (QED) is 0.751. The van der Waals surface area contributed by atoms with Crippen molar-refractivity contribution >= 4 is 17.6 Å². The zero-order valence-electron chi connectivity index (χ0n) is 16.6. The molecule has 0 spiro atoms. The van der Waals surface area contributed by atoms with E-state index in [1.807, 2.05) is 4.68 Å². The summed E-state index contributed by atoms with van der Waals surface area (Å²) < 4.78 is 1.90. The van der Waals surface area contributed by atoms with Crippen molar-refractivity contribution in [3.8, 4) is 11.5 Å². The Bertz CT molecular complexity index is 897. The molecule has 0 unspecified atom stereocenters. The average molecular weight is 388 g/mol. The Kier molecular flexibility index (Phi) is 5.75. The van der Waals surface area contributed by atoms with Gasteiger partial charge in [-0.1, -0.05) is 40.0 Å². The van der Waals surface area contributed by atoms with E-state index in [4.69, 9.17) is 4.99 Å². The van der Waals surface area contributed by atoms with E-state index in [-0.39, 0.29) is 16.9 Å². The van der Waals surface area contributed by atoms with Crippen molar-refractivity contribution in [3.05, 3.63) is 39.1 Å². The summed E-state index contributed by atoms with van der Waals surface area (Å²) in [4.78, 5) is 5.88. The van der Waals surface area contributed by atoms with Crippen molar-refractivity contribution in [2.45, 2.75) is 71.3 Å². The Morgan fingerprint density at radius 3 is 2.48 bits per heavy atom. The van der Waals surface area contributed by atoms with Gasteiger partial charge in [0.05, 0.1) is 18.0 Å². The number of hydrogen-bond donors (Lipinski definition) is 2. The number of benzene rings is 1. The second-order valence-corrected chi connectivity index (χ2v) is 9.16. The first-order valence-electron chi connectivity index (χ1n) is 9.57. The van der Waals surface area contributed by atoms with Crippen LogP contribution in [0.3, 0.4) is 0 Å². The zero-order valence-corrected chi connectivity index (χ0v) is 17.4. The second kappa shape index (κ2) is 7.89. The topological polar surface area (TPSA) is 70.1 Å². The summed E-state index contributed by atoms with van der Waals surface area (Å²) in [6.45, 7) is 8.28. The van der Waals surface area contributed by atoms with Crippen LogP contribution in [-0.2, 0) is 5.41 Å². The molecule has 0 bridgehead atoms. The largest absolute Gasteiger partial charge is 0.508 e. The maximum Gasteiger partial charge on any atom is 0.206 e. The molecule has 2 N–H and O–H groups in total. The molecule has 0 radical (unpaired) electrons. The molecule has 6 heteroatoms. The van der Waals surface area contributed by atoms with Crippen molar-refractivity contribution in [2.24, 2.45) is 10.1 Å². The lowest BCUT2D eigenvalue weighted by molar-refractivity contribution is 0.433. The van der Waals surface area contributed by atoms with Gasteiger partial charge in [0.25, 0.3) is 0 Å². The summed E-state index contributed by atoms with van der Waals surface area (Å²) in [6, 6.07) is 3.46. The number of thiazole rings is 1. The molecule has 1 aliphatic rings. The molecule has 5 nitrogen and oxygen atoms in total. The van der Waals surface area contributed by atoms with Crippen molar-refractivity contribution in [3.63, 3.8) is 0 Å². The molecule has 0 aliphatic heterocycles. The Morgan fingerprint density at radius 2 is 1.81 bits per heavy atom. The van der Waals surface area contributed by atoms with Gasteiger partial charge in [0, 0.05) is 22.4 Å². The number of aryl methyl sites for hydroxylation is 1. The number of aromatic hydroxyl groups is 2. The fraction of sp³-hybridized carbons (Fsp3) is 0.524. The summed E-state index contributed by atoms with van der Waals surface area (Å²) in [5, 5.41) is 26.6. The van der Waals surface area contributed by atoms with Crippen LogP contribution >= 0.6 is 11.3 Å². The van der Waals surface area contributed by atoms with Crippen LogP contribution in [0.2, 0.25) is 0 Å². The molecule has 1 heterocycles. The van der Waals surface area contributed by atoms with Gasteiger partial charge in [0.1, 0.15) is 11.5 Å². The highest BCUT2D eigenvalue weighted by Crippen LogP contribution is 2.27. The third-order valence-electron chi connectivity index (χ3n) is 4.98. The third-order valence-corrected chi connectivity index (χ3v) is 5.81. The first kappa shape index (κ1) is 19.7. The molecule has 27 heavy (non-hydrogen) atoms. The Hall–Kier alpha value is -2.08. The van der Waals surface area contributed by atoms with Crippen LogP contribution in [0.4, 0.5) is 0 Å². The smallest absolute Gasteiger partial charge is 0.206 e. The van der Waals surface area contributed by atoms with E-state index in [1.54, 1.807) is 30.5 Å². The lowest BCUT2D eigenvalue weighted by Crippen LogP contribution is -2.24. The van der Waals surface area contributed by atoms with Gasteiger partial charge >= 0.3 is 0 Å². The molecule has 0 atom stereocenters. The van der Waals surface area contributed by atoms with Crippen molar-refractivity contribution in [1.29, 1.82) is 0 Å². The second-order valence-electron chi connectivity index (χ2n) is 8.33. The van der Waals surface area contributed by atoms with Gasteiger partial charge in [0.2, 0.25) is 4.80 Å². The van der Waals surface area contributed by atoms with Gasteiger partial charge in [-0.15, -0.1) is 11.3 Å². The molecule has 0 saturated heterocycles. The van der Waals surface area contributed by atoms with Gasteiger partial charge < -0.3 is 10.2 Å². The normalized spacial score (nSPS) is 17.1. The van der Waals surface area contributed by atoms with Crippen molar-refractivity contribution < 1.29 is 10.2 Å². The van der Waals surface area contributed by atoms with E-state index in [2.05, 4.69) is 31.3 Å². The fourth-order valence-corrected chi connectivity index (χ4v) is 4.43. The predicted octanol–water partition coefficient (Wildman–Crippen LogP) is 4.68. The molecule has 1 aromatic heterocycles. The SMILES string of the molecule is Cc1cc(/C=N/n2c(C(C)(C)C)cs/c2=N\C2CCCCC2)c(O)cc1O. The summed E-state index contributed by atoms with van der Waals surface area (Å²) in [7, 11) is 0. The van der Waals surface area contributed by atoms with Gasteiger partial charge in [-0.2, -0.15) is 5.10 Å². The Balaban J connectivity index is 2.03. The summed E-state index contributed by atoms with van der Waals surface area (Å²) in [6.07, 6.45) is 7.73. The molecule has 1 aromatic carbocycles. The molecule has 2 aromatic rings. The standard InChI is InChI=1S/C21H29N3O2S/c1-14-10-15(18(26)11-17(14)25)12-22-24-19(21(2,3)4)13-27-20(24)23-16-8-6-5-7-9-16/h10-13,16,25-26H,5-9H2,1-4H3/b22-12+,23-20-. The van der Waals surface area contributed by atoms with E-state index < -0.39 is 0 Å². The minimum absolute atomic E-state index is 0.0146. The van der Waals surface area contributed by atoms with Gasteiger partial charge in [-0.3, -0.25) is 4.99 Å². The molecule has 3 rings (SSSR count). The minimum Gasteiger partial charge on any atom is -0.508 e. The summed E-state index contributed by atoms with van der Waals surface area (Å²) in [5.74, 6) is 0.0944. The Morgan fingerprint density at radius 1 is 1.11 bits per heavy atom. The molecule has 1 fully saturated rings.